The molecular weight excluding hydrogens is 363 g/mol. The SMILES string of the molecule is COc1ccc(Cc2nnc(NC(=O)c3ccc(C(F)(F)F)cc3)o2)cc1. The number of alkyl halides is 3. The summed E-state index contributed by atoms with van der Waals surface area (Å²) in [5.41, 5.74) is 0.108. The maximum Gasteiger partial charge on any atom is 0.416 e. The van der Waals surface area contributed by atoms with Gasteiger partial charge in [-0.1, -0.05) is 17.2 Å². The Bertz CT molecular complexity index is 920. The summed E-state index contributed by atoms with van der Waals surface area (Å²) in [6, 6.07) is 10.9. The van der Waals surface area contributed by atoms with Gasteiger partial charge in [0, 0.05) is 5.56 Å². The minimum atomic E-state index is -4.46. The molecule has 0 saturated heterocycles. The van der Waals surface area contributed by atoms with Crippen LogP contribution in [0.1, 0.15) is 27.4 Å². The average Bonchev–Trinajstić information content (AvgIpc) is 3.08. The van der Waals surface area contributed by atoms with Crippen LogP contribution < -0.4 is 10.1 Å². The molecule has 0 aliphatic carbocycles. The van der Waals surface area contributed by atoms with Crippen LogP contribution in [0.4, 0.5) is 19.2 Å². The van der Waals surface area contributed by atoms with Crippen LogP contribution in [0.15, 0.2) is 52.9 Å². The largest absolute Gasteiger partial charge is 0.497 e. The lowest BCUT2D eigenvalue weighted by molar-refractivity contribution is -0.137. The number of benzene rings is 2. The number of hydrogen-bond acceptors (Lipinski definition) is 5. The van der Waals surface area contributed by atoms with Gasteiger partial charge < -0.3 is 9.15 Å². The average molecular weight is 377 g/mol. The van der Waals surface area contributed by atoms with Crippen molar-refractivity contribution in [2.45, 2.75) is 12.6 Å². The predicted octanol–water partition coefficient (Wildman–Crippen LogP) is 3.94. The van der Waals surface area contributed by atoms with E-state index in [1.807, 2.05) is 12.1 Å². The van der Waals surface area contributed by atoms with E-state index in [4.69, 9.17) is 9.15 Å². The molecule has 140 valence electrons. The number of amides is 1. The van der Waals surface area contributed by atoms with Crippen LogP contribution >= 0.6 is 0 Å². The molecule has 1 aromatic heterocycles. The zero-order valence-corrected chi connectivity index (χ0v) is 14.1. The number of methoxy groups -OCH3 is 1. The van der Waals surface area contributed by atoms with Crippen LogP contribution in [-0.4, -0.2) is 23.2 Å². The predicted molar refractivity (Wildman–Crippen MR) is 89.5 cm³/mol. The number of halogens is 3. The van der Waals surface area contributed by atoms with Crippen molar-refractivity contribution >= 4 is 11.9 Å². The van der Waals surface area contributed by atoms with Gasteiger partial charge in [-0.3, -0.25) is 10.1 Å². The molecule has 0 aliphatic heterocycles. The minimum absolute atomic E-state index is 0.0397. The van der Waals surface area contributed by atoms with E-state index in [9.17, 15) is 18.0 Å². The molecule has 0 atom stereocenters. The number of nitrogens with zero attached hydrogens (tertiary/aromatic N) is 2. The van der Waals surface area contributed by atoms with Crippen molar-refractivity contribution in [2.75, 3.05) is 12.4 Å². The Hall–Kier alpha value is -3.36. The number of carbonyl (C=O) groups excluding carboxylic acids is 1. The third-order valence-corrected chi connectivity index (χ3v) is 3.68. The molecule has 2 aromatic carbocycles. The monoisotopic (exact) mass is 377 g/mol. The fourth-order valence-corrected chi connectivity index (χ4v) is 2.27. The maximum absolute atomic E-state index is 12.6. The maximum atomic E-state index is 12.6. The molecule has 6 nitrogen and oxygen atoms in total. The summed E-state index contributed by atoms with van der Waals surface area (Å²) in [4.78, 5) is 12.1. The molecule has 27 heavy (non-hydrogen) atoms. The quantitative estimate of drug-likeness (QED) is 0.729. The molecule has 0 aliphatic rings. The Labute approximate surface area is 152 Å². The Morgan fingerprint density at radius 2 is 1.74 bits per heavy atom. The second kappa shape index (κ2) is 7.48. The van der Waals surface area contributed by atoms with Gasteiger partial charge in [0.15, 0.2) is 0 Å². The van der Waals surface area contributed by atoms with Gasteiger partial charge in [-0.05, 0) is 42.0 Å². The Morgan fingerprint density at radius 3 is 2.33 bits per heavy atom. The molecule has 0 saturated carbocycles. The van der Waals surface area contributed by atoms with E-state index in [0.29, 0.717) is 12.2 Å². The van der Waals surface area contributed by atoms with Gasteiger partial charge >= 0.3 is 12.2 Å². The van der Waals surface area contributed by atoms with E-state index in [0.717, 1.165) is 29.8 Å². The molecule has 9 heteroatoms. The highest BCUT2D eigenvalue weighted by Crippen LogP contribution is 2.29. The first-order chi connectivity index (χ1) is 12.8. The minimum Gasteiger partial charge on any atom is -0.497 e. The smallest absolute Gasteiger partial charge is 0.416 e. The van der Waals surface area contributed by atoms with E-state index in [1.165, 1.54) is 0 Å². The lowest BCUT2D eigenvalue weighted by atomic mass is 10.1. The van der Waals surface area contributed by atoms with E-state index < -0.39 is 17.6 Å². The normalized spacial score (nSPS) is 11.3. The summed E-state index contributed by atoms with van der Waals surface area (Å²) in [7, 11) is 1.57. The van der Waals surface area contributed by atoms with Gasteiger partial charge in [0.25, 0.3) is 5.91 Å². The number of anilines is 1. The van der Waals surface area contributed by atoms with Crippen molar-refractivity contribution < 1.29 is 27.1 Å². The highest BCUT2D eigenvalue weighted by atomic mass is 19.4. The van der Waals surface area contributed by atoms with Crippen LogP contribution in [0, 0.1) is 0 Å². The van der Waals surface area contributed by atoms with Gasteiger partial charge in [-0.15, -0.1) is 5.10 Å². The fourth-order valence-electron chi connectivity index (χ4n) is 2.27. The van der Waals surface area contributed by atoms with Crippen molar-refractivity contribution in [3.63, 3.8) is 0 Å². The first-order valence-corrected chi connectivity index (χ1v) is 7.79. The molecule has 0 fully saturated rings. The number of hydrogen-bond donors (Lipinski definition) is 1. The second-order valence-corrected chi connectivity index (χ2v) is 5.56. The molecule has 3 rings (SSSR count). The molecule has 1 amide bonds. The molecule has 1 heterocycles. The number of carbonyl (C=O) groups is 1. The summed E-state index contributed by atoms with van der Waals surface area (Å²) >= 11 is 0. The van der Waals surface area contributed by atoms with Crippen LogP contribution in [0.2, 0.25) is 0 Å². The first kappa shape index (κ1) is 18.4. The molecule has 0 bridgehead atoms. The molecule has 0 radical (unpaired) electrons. The first-order valence-electron chi connectivity index (χ1n) is 7.79. The van der Waals surface area contributed by atoms with Crippen molar-refractivity contribution in [2.24, 2.45) is 0 Å². The van der Waals surface area contributed by atoms with Crippen molar-refractivity contribution in [3.05, 3.63) is 71.1 Å². The summed E-state index contributed by atoms with van der Waals surface area (Å²) in [6.07, 6.45) is -4.11. The lowest BCUT2D eigenvalue weighted by Gasteiger charge is -2.07. The Kier molecular flexibility index (Phi) is 5.11. The third-order valence-electron chi connectivity index (χ3n) is 3.68. The summed E-state index contributed by atoms with van der Waals surface area (Å²) in [6.45, 7) is 0. The molecule has 0 spiro atoms. The van der Waals surface area contributed by atoms with Gasteiger partial charge in [0.05, 0.1) is 19.1 Å². The summed E-state index contributed by atoms with van der Waals surface area (Å²) in [5, 5.41) is 9.91. The van der Waals surface area contributed by atoms with Crippen LogP contribution in [0.25, 0.3) is 0 Å². The topological polar surface area (TPSA) is 77.3 Å². The van der Waals surface area contributed by atoms with Crippen molar-refractivity contribution in [1.29, 1.82) is 0 Å². The highest BCUT2D eigenvalue weighted by molar-refractivity contribution is 6.03. The standard InChI is InChI=1S/C18H14F3N3O3/c1-26-14-8-2-11(3-9-14)10-15-23-24-17(27-15)22-16(25)12-4-6-13(7-5-12)18(19,20)21/h2-9H,10H2,1H3,(H,22,24,25). The van der Waals surface area contributed by atoms with E-state index >= 15 is 0 Å². The van der Waals surface area contributed by atoms with Crippen LogP contribution in [-0.2, 0) is 12.6 Å². The number of ether oxygens (including phenoxy) is 1. The fraction of sp³-hybridized carbons (Fsp3) is 0.167. The van der Waals surface area contributed by atoms with Gasteiger partial charge in [-0.25, -0.2) is 0 Å². The summed E-state index contributed by atoms with van der Waals surface area (Å²) in [5.74, 6) is 0.347. The zero-order chi connectivity index (χ0) is 19.4. The molecule has 0 unspecified atom stereocenters. The van der Waals surface area contributed by atoms with Crippen molar-refractivity contribution in [1.82, 2.24) is 10.2 Å². The Morgan fingerprint density at radius 1 is 1.07 bits per heavy atom. The van der Waals surface area contributed by atoms with Crippen LogP contribution in [0.5, 0.6) is 5.75 Å². The summed E-state index contributed by atoms with van der Waals surface area (Å²) < 4.78 is 48.1. The van der Waals surface area contributed by atoms with E-state index in [2.05, 4.69) is 15.5 Å². The molecule has 1 N–H and O–H groups in total. The number of rotatable bonds is 5. The van der Waals surface area contributed by atoms with Gasteiger partial charge in [0.1, 0.15) is 5.75 Å². The van der Waals surface area contributed by atoms with Crippen LogP contribution in [0.3, 0.4) is 0 Å². The highest BCUT2D eigenvalue weighted by Gasteiger charge is 2.30. The molecule has 3 aromatic rings. The van der Waals surface area contributed by atoms with Gasteiger partial charge in [-0.2, -0.15) is 13.2 Å². The van der Waals surface area contributed by atoms with E-state index in [1.54, 1.807) is 19.2 Å². The van der Waals surface area contributed by atoms with Gasteiger partial charge in [0.2, 0.25) is 5.89 Å². The Balaban J connectivity index is 1.63. The third kappa shape index (κ3) is 4.63. The van der Waals surface area contributed by atoms with E-state index in [-0.39, 0.29) is 17.5 Å². The number of aromatic nitrogens is 2. The lowest BCUT2D eigenvalue weighted by Crippen LogP contribution is -2.13. The van der Waals surface area contributed by atoms with Crippen molar-refractivity contribution in [3.8, 4) is 5.75 Å². The zero-order valence-electron chi connectivity index (χ0n) is 14.1. The second-order valence-electron chi connectivity index (χ2n) is 5.56. The molecular formula is C18H14F3N3O3. The number of nitrogens with one attached hydrogen (secondary N) is 1.